The highest BCUT2D eigenvalue weighted by Gasteiger charge is 2.87. The van der Waals surface area contributed by atoms with Crippen molar-refractivity contribution in [2.24, 2.45) is 11.3 Å². The van der Waals surface area contributed by atoms with Gasteiger partial charge < -0.3 is 19.6 Å². The zero-order valence-electron chi connectivity index (χ0n) is 15.4. The molecule has 6 heteroatoms. The molecule has 6 atom stereocenters. The maximum atomic E-state index is 13.4. The highest BCUT2D eigenvalue weighted by Crippen LogP contribution is 2.75. The van der Waals surface area contributed by atoms with Crippen molar-refractivity contribution >= 4 is 17.9 Å². The number of carbonyl (C=O) groups is 2. The third-order valence-corrected chi connectivity index (χ3v) is 7.99. The first-order chi connectivity index (χ1) is 13.1. The number of fused-ring (bicyclic) bond motifs is 4. The van der Waals surface area contributed by atoms with Gasteiger partial charge in [0.2, 0.25) is 0 Å². The van der Waals surface area contributed by atoms with Gasteiger partial charge in [0.1, 0.15) is 17.9 Å². The van der Waals surface area contributed by atoms with Gasteiger partial charge in [-0.1, -0.05) is 29.8 Å². The minimum absolute atomic E-state index is 0.101. The van der Waals surface area contributed by atoms with Crippen molar-refractivity contribution in [1.82, 2.24) is 4.90 Å². The highest BCUT2D eigenvalue weighted by molar-refractivity contribution is 5.99. The number of anilines is 1. The summed E-state index contributed by atoms with van der Waals surface area (Å²) in [5.74, 6) is -0.611. The van der Waals surface area contributed by atoms with Crippen molar-refractivity contribution in [3.05, 3.63) is 41.5 Å². The normalized spacial score (nSPS) is 46.9. The van der Waals surface area contributed by atoms with E-state index in [-0.39, 0.29) is 18.2 Å². The molecule has 6 nitrogen and oxygen atoms in total. The van der Waals surface area contributed by atoms with Crippen LogP contribution in [-0.4, -0.2) is 48.8 Å². The Morgan fingerprint density at radius 2 is 2.22 bits per heavy atom. The number of rotatable bonds is 2. The molecular weight excluding hydrogens is 344 g/mol. The van der Waals surface area contributed by atoms with E-state index in [9.17, 15) is 9.59 Å². The zero-order chi connectivity index (χ0) is 18.6. The van der Waals surface area contributed by atoms with Gasteiger partial charge in [0.15, 0.2) is 5.72 Å². The van der Waals surface area contributed by atoms with Gasteiger partial charge in [-0.2, -0.15) is 0 Å². The summed E-state index contributed by atoms with van der Waals surface area (Å²) < 4.78 is 11.9. The van der Waals surface area contributed by atoms with E-state index in [1.54, 1.807) is 0 Å². The molecule has 1 aliphatic carbocycles. The fourth-order valence-corrected chi connectivity index (χ4v) is 7.14. The van der Waals surface area contributed by atoms with E-state index in [4.69, 9.17) is 9.47 Å². The van der Waals surface area contributed by atoms with E-state index in [1.165, 1.54) is 7.11 Å². The minimum atomic E-state index is -1.29. The largest absolute Gasteiger partial charge is 0.468 e. The van der Waals surface area contributed by atoms with E-state index < -0.39 is 22.5 Å². The van der Waals surface area contributed by atoms with E-state index in [1.807, 2.05) is 31.2 Å². The molecule has 0 amide bonds. The highest BCUT2D eigenvalue weighted by atomic mass is 16.6. The van der Waals surface area contributed by atoms with Gasteiger partial charge in [0, 0.05) is 24.6 Å². The third kappa shape index (κ3) is 1.32. The van der Waals surface area contributed by atoms with E-state index in [2.05, 4.69) is 16.3 Å². The number of nitrogens with zero attached hydrogens (tertiary/aromatic N) is 1. The first kappa shape index (κ1) is 15.8. The van der Waals surface area contributed by atoms with Crippen LogP contribution >= 0.6 is 0 Å². The number of methoxy groups -OCH3 is 1. The molecule has 4 aliphatic heterocycles. The number of esters is 1. The topological polar surface area (TPSA) is 67.9 Å². The SMILES string of the molecule is C/C=C1\CN2[C@@H]3C[C@@]45c6ccccc6N[C@]4(O3)[C@@H]2C[C@H]1C5(C=O)C(=O)OC. The number of allylic oxidation sites excluding steroid dienone is 1. The van der Waals surface area contributed by atoms with Crippen LogP contribution in [0, 0.1) is 11.3 Å². The molecule has 1 N–H and O–H groups in total. The summed E-state index contributed by atoms with van der Waals surface area (Å²) in [6.07, 6.45) is 4.18. The van der Waals surface area contributed by atoms with E-state index in [0.29, 0.717) is 12.8 Å². The van der Waals surface area contributed by atoms with Crippen LogP contribution in [-0.2, 0) is 24.5 Å². The van der Waals surface area contributed by atoms with Crippen LogP contribution in [0.2, 0.25) is 0 Å². The van der Waals surface area contributed by atoms with Crippen LogP contribution in [0.5, 0.6) is 0 Å². The Balaban J connectivity index is 1.75. The summed E-state index contributed by atoms with van der Waals surface area (Å²) in [7, 11) is 1.38. The Morgan fingerprint density at radius 3 is 2.96 bits per heavy atom. The molecule has 3 saturated heterocycles. The second-order valence-electron chi connectivity index (χ2n) is 8.41. The number of nitrogens with one attached hydrogen (secondary N) is 1. The van der Waals surface area contributed by atoms with Crippen LogP contribution in [0.15, 0.2) is 35.9 Å². The van der Waals surface area contributed by atoms with Gasteiger partial charge in [0.25, 0.3) is 0 Å². The van der Waals surface area contributed by atoms with Crippen molar-refractivity contribution in [2.75, 3.05) is 19.0 Å². The van der Waals surface area contributed by atoms with Gasteiger partial charge >= 0.3 is 5.97 Å². The first-order valence-electron chi connectivity index (χ1n) is 9.60. The number of carbonyl (C=O) groups excluding carboxylic acids is 2. The fraction of sp³-hybridized carbons (Fsp3) is 0.524. The number of piperidine rings is 2. The maximum absolute atomic E-state index is 13.4. The van der Waals surface area contributed by atoms with Gasteiger partial charge in [-0.05, 0) is 25.0 Å². The lowest BCUT2D eigenvalue weighted by Gasteiger charge is -2.63. The van der Waals surface area contributed by atoms with Crippen LogP contribution in [0.4, 0.5) is 5.69 Å². The molecule has 6 rings (SSSR count). The summed E-state index contributed by atoms with van der Waals surface area (Å²) in [6.45, 7) is 2.73. The quantitative estimate of drug-likeness (QED) is 0.373. The average Bonchev–Trinajstić information content (AvgIpc) is 3.30. The molecular formula is C21H22N2O4. The fourth-order valence-electron chi connectivity index (χ4n) is 7.14. The predicted octanol–water partition coefficient (Wildman–Crippen LogP) is 1.81. The smallest absolute Gasteiger partial charge is 0.320 e. The van der Waals surface area contributed by atoms with Crippen LogP contribution in [0.3, 0.4) is 0 Å². The lowest BCUT2D eigenvalue weighted by molar-refractivity contribution is -0.182. The molecule has 1 aromatic rings. The Morgan fingerprint density at radius 1 is 1.41 bits per heavy atom. The summed E-state index contributed by atoms with van der Waals surface area (Å²) in [4.78, 5) is 28.7. The standard InChI is InChI=1S/C21H22N2O4/c1-3-12-10-23-16-8-14(12)19(11-24,18(25)26-2)20-9-17(23)27-21(16,20)22-15-7-5-4-6-13(15)20/h3-7,11,14,16-17,22H,8-10H2,1-2H3/b12-3+/t14-,16+,17+,19?,20+,21+/m1/s1. The Hall–Kier alpha value is -2.18. The number of hydrogen-bond acceptors (Lipinski definition) is 6. The zero-order valence-corrected chi connectivity index (χ0v) is 15.4. The number of para-hydroxylation sites is 1. The number of benzene rings is 1. The maximum Gasteiger partial charge on any atom is 0.320 e. The van der Waals surface area contributed by atoms with Crippen LogP contribution in [0.25, 0.3) is 0 Å². The molecule has 4 bridgehead atoms. The van der Waals surface area contributed by atoms with Crippen LogP contribution < -0.4 is 5.32 Å². The predicted molar refractivity (Wildman–Crippen MR) is 96.8 cm³/mol. The third-order valence-electron chi connectivity index (χ3n) is 7.99. The molecule has 0 radical (unpaired) electrons. The van der Waals surface area contributed by atoms with Crippen molar-refractivity contribution in [1.29, 1.82) is 0 Å². The number of aldehydes is 1. The average molecular weight is 366 g/mol. The molecule has 4 fully saturated rings. The van der Waals surface area contributed by atoms with E-state index in [0.717, 1.165) is 29.7 Å². The molecule has 1 saturated carbocycles. The van der Waals surface area contributed by atoms with E-state index >= 15 is 0 Å². The van der Waals surface area contributed by atoms with Crippen molar-refractivity contribution < 1.29 is 19.1 Å². The summed E-state index contributed by atoms with van der Waals surface area (Å²) in [5.41, 5.74) is 0.303. The first-order valence-corrected chi connectivity index (χ1v) is 9.60. The molecule has 27 heavy (non-hydrogen) atoms. The molecule has 1 aromatic carbocycles. The molecule has 140 valence electrons. The van der Waals surface area contributed by atoms with Crippen molar-refractivity contribution in [2.45, 2.75) is 43.2 Å². The molecule has 4 heterocycles. The van der Waals surface area contributed by atoms with Crippen LogP contribution in [0.1, 0.15) is 25.3 Å². The lowest BCUT2D eigenvalue weighted by Crippen LogP contribution is -2.78. The lowest BCUT2D eigenvalue weighted by atomic mass is 9.42. The Labute approximate surface area is 157 Å². The molecule has 0 aromatic heterocycles. The Bertz CT molecular complexity index is 929. The number of hydrogen-bond donors (Lipinski definition) is 1. The van der Waals surface area contributed by atoms with Gasteiger partial charge in [-0.3, -0.25) is 9.69 Å². The van der Waals surface area contributed by atoms with Gasteiger partial charge in [-0.15, -0.1) is 0 Å². The van der Waals surface area contributed by atoms with Gasteiger partial charge in [0.05, 0.1) is 18.6 Å². The molecule has 1 unspecified atom stereocenters. The van der Waals surface area contributed by atoms with Gasteiger partial charge in [-0.25, -0.2) is 0 Å². The van der Waals surface area contributed by atoms with Crippen molar-refractivity contribution in [3.8, 4) is 0 Å². The Kier molecular flexibility index (Phi) is 2.71. The second-order valence-corrected chi connectivity index (χ2v) is 8.41. The molecule has 1 spiro atoms. The monoisotopic (exact) mass is 366 g/mol. The molecule has 5 aliphatic rings. The number of ether oxygens (including phenoxy) is 2. The summed E-state index contributed by atoms with van der Waals surface area (Å²) in [6, 6.07) is 8.15. The second kappa shape index (κ2) is 4.62. The summed E-state index contributed by atoms with van der Waals surface area (Å²) >= 11 is 0. The minimum Gasteiger partial charge on any atom is -0.468 e. The summed E-state index contributed by atoms with van der Waals surface area (Å²) in [5, 5.41) is 3.63. The van der Waals surface area contributed by atoms with Crippen molar-refractivity contribution in [3.63, 3.8) is 0 Å².